The van der Waals surface area contributed by atoms with Crippen LogP contribution in [0.4, 0.5) is 0 Å². The summed E-state index contributed by atoms with van der Waals surface area (Å²) in [7, 11) is 0. The first kappa shape index (κ1) is 11.3. The van der Waals surface area contributed by atoms with Crippen LogP contribution in [0.5, 0.6) is 0 Å². The molecule has 2 unspecified atom stereocenters. The van der Waals surface area contributed by atoms with Crippen LogP contribution in [0.25, 0.3) is 0 Å². The first-order valence-electron chi connectivity index (χ1n) is 5.54. The fraction of sp³-hybridized carbons (Fsp3) is 1.00. The van der Waals surface area contributed by atoms with E-state index in [4.69, 9.17) is 18.9 Å². The maximum absolute atomic E-state index is 5.81. The van der Waals surface area contributed by atoms with Crippen molar-refractivity contribution < 1.29 is 18.9 Å². The van der Waals surface area contributed by atoms with Crippen molar-refractivity contribution in [1.29, 1.82) is 0 Å². The third-order valence-electron chi connectivity index (χ3n) is 2.48. The summed E-state index contributed by atoms with van der Waals surface area (Å²) >= 11 is 0. The molecular weight excluding hydrogens is 198 g/mol. The molecule has 15 heavy (non-hydrogen) atoms. The van der Waals surface area contributed by atoms with Crippen LogP contribution in [0.15, 0.2) is 0 Å². The van der Waals surface area contributed by atoms with E-state index in [0.717, 1.165) is 13.1 Å². The van der Waals surface area contributed by atoms with Gasteiger partial charge >= 0.3 is 0 Å². The van der Waals surface area contributed by atoms with Gasteiger partial charge in [0.25, 0.3) is 0 Å². The Morgan fingerprint density at radius 1 is 0.733 bits per heavy atom. The highest BCUT2D eigenvalue weighted by molar-refractivity contribution is 4.74. The highest BCUT2D eigenvalue weighted by Crippen LogP contribution is 2.05. The molecule has 2 heterocycles. The van der Waals surface area contributed by atoms with E-state index in [1.54, 1.807) is 0 Å². The Morgan fingerprint density at radius 3 is 1.87 bits per heavy atom. The van der Waals surface area contributed by atoms with Crippen molar-refractivity contribution in [3.63, 3.8) is 0 Å². The summed E-state index contributed by atoms with van der Waals surface area (Å²) in [5, 5.41) is 3.32. The number of rotatable bonds is 0. The molecule has 0 aliphatic carbocycles. The topological polar surface area (TPSA) is 49.0 Å². The lowest BCUT2D eigenvalue weighted by Gasteiger charge is -2.31. The van der Waals surface area contributed by atoms with Crippen molar-refractivity contribution in [3.8, 4) is 0 Å². The Labute approximate surface area is 90.0 Å². The minimum absolute atomic E-state index is 0.145. The number of ether oxygens (including phenoxy) is 4. The van der Waals surface area contributed by atoms with Crippen LogP contribution >= 0.6 is 0 Å². The lowest BCUT2D eigenvalue weighted by Crippen LogP contribution is -2.48. The molecule has 0 radical (unpaired) electrons. The van der Waals surface area contributed by atoms with Gasteiger partial charge in [0, 0.05) is 13.1 Å². The molecule has 0 amide bonds. The van der Waals surface area contributed by atoms with Gasteiger partial charge in [-0.25, -0.2) is 0 Å². The summed E-state index contributed by atoms with van der Waals surface area (Å²) in [4.78, 5) is 0. The third kappa shape index (κ3) is 4.04. The van der Waals surface area contributed by atoms with E-state index in [1.807, 2.05) is 0 Å². The average molecular weight is 217 g/mol. The first-order valence-corrected chi connectivity index (χ1v) is 5.54. The van der Waals surface area contributed by atoms with Crippen LogP contribution in [0, 0.1) is 0 Å². The van der Waals surface area contributed by atoms with E-state index in [-0.39, 0.29) is 12.2 Å². The zero-order valence-electron chi connectivity index (χ0n) is 8.94. The maximum atomic E-state index is 5.81. The van der Waals surface area contributed by atoms with Crippen molar-refractivity contribution >= 4 is 0 Å². The molecule has 2 bridgehead atoms. The fourth-order valence-corrected chi connectivity index (χ4v) is 1.74. The van der Waals surface area contributed by atoms with Gasteiger partial charge in [-0.15, -0.1) is 0 Å². The Bertz CT molecular complexity index is 163. The molecule has 2 aliphatic heterocycles. The molecule has 1 N–H and O–H groups in total. The summed E-state index contributed by atoms with van der Waals surface area (Å²) in [6.45, 7) is 5.50. The van der Waals surface area contributed by atoms with Crippen molar-refractivity contribution in [2.45, 2.75) is 12.2 Å². The molecule has 5 nitrogen and oxygen atoms in total. The molecule has 0 saturated carbocycles. The molecule has 0 spiro atoms. The van der Waals surface area contributed by atoms with Crippen molar-refractivity contribution in [3.05, 3.63) is 0 Å². The Kier molecular flexibility index (Phi) is 4.82. The van der Waals surface area contributed by atoms with Crippen molar-refractivity contribution in [1.82, 2.24) is 5.32 Å². The molecule has 2 rings (SSSR count). The summed E-state index contributed by atoms with van der Waals surface area (Å²) in [6.07, 6.45) is 0.290. The van der Waals surface area contributed by atoms with E-state index in [1.165, 1.54) is 0 Å². The normalized spacial score (nSPS) is 35.2. The Hall–Kier alpha value is -0.200. The van der Waals surface area contributed by atoms with E-state index in [9.17, 15) is 0 Å². The highest BCUT2D eigenvalue weighted by Gasteiger charge is 2.22. The van der Waals surface area contributed by atoms with Crippen LogP contribution in [0.1, 0.15) is 0 Å². The second-order valence-electron chi connectivity index (χ2n) is 3.80. The zero-order chi connectivity index (χ0) is 10.3. The molecule has 2 saturated heterocycles. The maximum Gasteiger partial charge on any atom is 0.0938 e. The first-order chi connectivity index (χ1) is 7.45. The van der Waals surface area contributed by atoms with Crippen LogP contribution in [-0.4, -0.2) is 64.9 Å². The van der Waals surface area contributed by atoms with Crippen LogP contribution in [0.2, 0.25) is 0 Å². The van der Waals surface area contributed by atoms with Crippen LogP contribution in [0.3, 0.4) is 0 Å². The van der Waals surface area contributed by atoms with Gasteiger partial charge in [-0.3, -0.25) is 0 Å². The molecule has 0 aromatic rings. The van der Waals surface area contributed by atoms with Gasteiger partial charge in [-0.1, -0.05) is 0 Å². The van der Waals surface area contributed by atoms with Gasteiger partial charge in [-0.05, 0) is 0 Å². The summed E-state index contributed by atoms with van der Waals surface area (Å²) < 4.78 is 22.1. The quantitative estimate of drug-likeness (QED) is 0.587. The smallest absolute Gasteiger partial charge is 0.0938 e. The number of nitrogens with one attached hydrogen (secondary N) is 1. The molecule has 2 aliphatic rings. The highest BCUT2D eigenvalue weighted by atomic mass is 16.6. The zero-order valence-corrected chi connectivity index (χ0v) is 8.94. The van der Waals surface area contributed by atoms with Gasteiger partial charge < -0.3 is 24.3 Å². The second kappa shape index (κ2) is 6.40. The monoisotopic (exact) mass is 217 g/mol. The lowest BCUT2D eigenvalue weighted by atomic mass is 10.2. The van der Waals surface area contributed by atoms with Gasteiger partial charge in [0.2, 0.25) is 0 Å². The molecule has 0 aromatic heterocycles. The van der Waals surface area contributed by atoms with Crippen molar-refractivity contribution in [2.75, 3.05) is 52.7 Å². The van der Waals surface area contributed by atoms with E-state index < -0.39 is 0 Å². The number of hydrogen-bond donors (Lipinski definition) is 1. The average Bonchev–Trinajstić information content (AvgIpc) is 2.26. The van der Waals surface area contributed by atoms with E-state index >= 15 is 0 Å². The fourth-order valence-electron chi connectivity index (χ4n) is 1.74. The van der Waals surface area contributed by atoms with E-state index in [0.29, 0.717) is 39.6 Å². The summed E-state index contributed by atoms with van der Waals surface area (Å²) in [5.41, 5.74) is 0. The van der Waals surface area contributed by atoms with Gasteiger partial charge in [0.15, 0.2) is 0 Å². The SMILES string of the molecule is C1COCC2CNCC(COCCO1)O2. The molecule has 2 fully saturated rings. The predicted molar refractivity (Wildman–Crippen MR) is 54.0 cm³/mol. The number of hydrogen-bond acceptors (Lipinski definition) is 5. The van der Waals surface area contributed by atoms with Gasteiger partial charge in [0.05, 0.1) is 51.8 Å². The standard InChI is InChI=1S/C10H19NO4/c1-3-13-7-9-5-11-6-10(15-9)8-14-4-2-12-1/h9-11H,1-8H2. The van der Waals surface area contributed by atoms with Crippen LogP contribution < -0.4 is 5.32 Å². The molecule has 2 atom stereocenters. The molecule has 88 valence electrons. The lowest BCUT2D eigenvalue weighted by molar-refractivity contribution is -0.116. The number of morpholine rings is 1. The van der Waals surface area contributed by atoms with Crippen LogP contribution in [-0.2, 0) is 18.9 Å². The van der Waals surface area contributed by atoms with Gasteiger partial charge in [0.1, 0.15) is 0 Å². The Morgan fingerprint density at radius 2 is 1.27 bits per heavy atom. The molecule has 0 aromatic carbocycles. The minimum atomic E-state index is 0.145. The molecule has 5 heteroatoms. The minimum Gasteiger partial charge on any atom is -0.377 e. The Balaban J connectivity index is 1.78. The molecular formula is C10H19NO4. The van der Waals surface area contributed by atoms with E-state index in [2.05, 4.69) is 5.32 Å². The summed E-state index contributed by atoms with van der Waals surface area (Å²) in [5.74, 6) is 0. The van der Waals surface area contributed by atoms with Gasteiger partial charge in [-0.2, -0.15) is 0 Å². The number of fused-ring (bicyclic) bond motifs is 2. The second-order valence-corrected chi connectivity index (χ2v) is 3.80. The third-order valence-corrected chi connectivity index (χ3v) is 2.48. The van der Waals surface area contributed by atoms with Crippen molar-refractivity contribution in [2.24, 2.45) is 0 Å². The summed E-state index contributed by atoms with van der Waals surface area (Å²) in [6, 6.07) is 0. The largest absolute Gasteiger partial charge is 0.377 e. The predicted octanol–water partition coefficient (Wildman–Crippen LogP) is -0.593.